The summed E-state index contributed by atoms with van der Waals surface area (Å²) in [7, 11) is 0. The molecule has 0 saturated heterocycles. The Hall–Kier alpha value is -1.58. The van der Waals surface area contributed by atoms with E-state index in [1.165, 1.54) is 0 Å². The molecule has 0 amide bonds. The van der Waals surface area contributed by atoms with E-state index >= 15 is 0 Å². The molecule has 1 aromatic heterocycles. The first-order valence-corrected chi connectivity index (χ1v) is 7.52. The summed E-state index contributed by atoms with van der Waals surface area (Å²) < 4.78 is 0. The lowest BCUT2D eigenvalue weighted by Gasteiger charge is -2.42. The van der Waals surface area contributed by atoms with Gasteiger partial charge < -0.3 is 5.21 Å². The van der Waals surface area contributed by atoms with Crippen LogP contribution in [0.2, 0.25) is 10.0 Å². The minimum absolute atomic E-state index is 0.336. The first-order chi connectivity index (χ1) is 10.2. The average molecular weight is 321 g/mol. The third-order valence-corrected chi connectivity index (χ3v) is 4.88. The van der Waals surface area contributed by atoms with Gasteiger partial charge in [0, 0.05) is 11.6 Å². The molecule has 0 radical (unpaired) electrons. The predicted molar refractivity (Wildman–Crippen MR) is 84.6 cm³/mol. The number of nitrogens with zero attached hydrogens (tertiary/aromatic N) is 2. The van der Waals surface area contributed by atoms with Crippen molar-refractivity contribution < 1.29 is 5.21 Å². The fourth-order valence-corrected chi connectivity index (χ4v) is 3.18. The molecule has 0 bridgehead atoms. The largest absolute Gasteiger partial charge is 0.411 e. The van der Waals surface area contributed by atoms with Gasteiger partial charge in [-0.05, 0) is 42.7 Å². The lowest BCUT2D eigenvalue weighted by atomic mass is 9.61. The van der Waals surface area contributed by atoms with Crippen LogP contribution in [0, 0.1) is 0 Å². The maximum absolute atomic E-state index is 9.55. The fraction of sp³-hybridized carbons (Fsp3) is 0.250. The van der Waals surface area contributed by atoms with Crippen molar-refractivity contribution in [3.63, 3.8) is 0 Å². The highest BCUT2D eigenvalue weighted by Gasteiger charge is 2.45. The van der Waals surface area contributed by atoms with E-state index in [0.29, 0.717) is 21.5 Å². The van der Waals surface area contributed by atoms with E-state index in [4.69, 9.17) is 23.2 Å². The topological polar surface area (TPSA) is 45.5 Å². The van der Waals surface area contributed by atoms with Crippen LogP contribution >= 0.6 is 23.2 Å². The summed E-state index contributed by atoms with van der Waals surface area (Å²) in [5.74, 6) is 0. The van der Waals surface area contributed by atoms with Crippen LogP contribution in [0.4, 0.5) is 0 Å². The van der Waals surface area contributed by atoms with Crippen molar-refractivity contribution in [1.82, 2.24) is 4.98 Å². The summed E-state index contributed by atoms with van der Waals surface area (Å²) >= 11 is 12.1. The molecule has 0 atom stereocenters. The molecule has 1 aliphatic rings. The molecule has 21 heavy (non-hydrogen) atoms. The van der Waals surface area contributed by atoms with Crippen LogP contribution < -0.4 is 0 Å². The van der Waals surface area contributed by atoms with Gasteiger partial charge in [0.1, 0.15) is 5.71 Å². The lowest BCUT2D eigenvalue weighted by molar-refractivity contribution is 0.289. The maximum atomic E-state index is 9.55. The Morgan fingerprint density at radius 3 is 2.48 bits per heavy atom. The quantitative estimate of drug-likeness (QED) is 0.506. The average Bonchev–Trinajstić information content (AvgIpc) is 2.47. The van der Waals surface area contributed by atoms with E-state index in [1.54, 1.807) is 12.3 Å². The first kappa shape index (κ1) is 14.4. The SMILES string of the molecule is O/N=C(\c1ccccn1)C1(c2ccc(Cl)c(Cl)c2)CCC1. The van der Waals surface area contributed by atoms with Crippen LogP contribution in [0.1, 0.15) is 30.5 Å². The van der Waals surface area contributed by atoms with Gasteiger partial charge in [-0.25, -0.2) is 0 Å². The third-order valence-electron chi connectivity index (χ3n) is 4.14. The van der Waals surface area contributed by atoms with E-state index in [0.717, 1.165) is 24.8 Å². The van der Waals surface area contributed by atoms with Gasteiger partial charge in [0.25, 0.3) is 0 Å². The summed E-state index contributed by atoms with van der Waals surface area (Å²) in [6.45, 7) is 0. The summed E-state index contributed by atoms with van der Waals surface area (Å²) in [4.78, 5) is 4.31. The van der Waals surface area contributed by atoms with E-state index in [2.05, 4.69) is 10.1 Å². The number of oxime groups is 1. The Balaban J connectivity index is 2.09. The van der Waals surface area contributed by atoms with Gasteiger partial charge in [0.15, 0.2) is 0 Å². The molecule has 5 heteroatoms. The molecule has 1 heterocycles. The second kappa shape index (κ2) is 5.66. The number of pyridine rings is 1. The normalized spacial score (nSPS) is 17.3. The number of hydrogen-bond acceptors (Lipinski definition) is 3. The summed E-state index contributed by atoms with van der Waals surface area (Å²) in [5, 5.41) is 14.1. The third kappa shape index (κ3) is 2.41. The molecule has 0 unspecified atom stereocenters. The second-order valence-electron chi connectivity index (χ2n) is 5.23. The zero-order valence-electron chi connectivity index (χ0n) is 11.3. The number of aromatic nitrogens is 1. The van der Waals surface area contributed by atoms with Crippen LogP contribution in [0.15, 0.2) is 47.8 Å². The molecule has 0 spiro atoms. The Labute approximate surface area is 133 Å². The Morgan fingerprint density at radius 1 is 1.14 bits per heavy atom. The number of halogens is 2. The molecular weight excluding hydrogens is 307 g/mol. The summed E-state index contributed by atoms with van der Waals surface area (Å²) in [6, 6.07) is 11.2. The van der Waals surface area contributed by atoms with Gasteiger partial charge in [-0.15, -0.1) is 0 Å². The molecule has 108 valence electrons. The zero-order chi connectivity index (χ0) is 14.9. The van der Waals surface area contributed by atoms with Crippen LogP contribution in [0.25, 0.3) is 0 Å². The van der Waals surface area contributed by atoms with Crippen molar-refractivity contribution in [2.24, 2.45) is 5.16 Å². The minimum Gasteiger partial charge on any atom is -0.411 e. The van der Waals surface area contributed by atoms with Crippen LogP contribution in [-0.2, 0) is 5.41 Å². The van der Waals surface area contributed by atoms with Crippen molar-refractivity contribution in [3.05, 3.63) is 63.9 Å². The lowest BCUT2D eigenvalue weighted by Crippen LogP contribution is -2.43. The van der Waals surface area contributed by atoms with Crippen LogP contribution in [0.3, 0.4) is 0 Å². The molecule has 3 rings (SSSR count). The monoisotopic (exact) mass is 320 g/mol. The smallest absolute Gasteiger partial charge is 0.116 e. The Morgan fingerprint density at radius 2 is 1.95 bits per heavy atom. The van der Waals surface area contributed by atoms with Crippen LogP contribution in [-0.4, -0.2) is 15.9 Å². The van der Waals surface area contributed by atoms with Gasteiger partial charge in [0.05, 0.1) is 15.7 Å². The molecule has 1 N–H and O–H groups in total. The summed E-state index contributed by atoms with van der Waals surface area (Å²) in [5.41, 5.74) is 1.96. The standard InChI is InChI=1S/C16H14Cl2N2O/c17-12-6-5-11(10-13(12)18)16(7-3-8-16)15(20-21)14-4-1-2-9-19-14/h1-2,4-6,9-10,21H,3,7-8H2/b20-15+. The summed E-state index contributed by atoms with van der Waals surface area (Å²) in [6.07, 6.45) is 4.58. The Bertz CT molecular complexity index is 682. The molecule has 1 aliphatic carbocycles. The highest BCUT2D eigenvalue weighted by atomic mass is 35.5. The molecule has 3 nitrogen and oxygen atoms in total. The van der Waals surface area contributed by atoms with Gasteiger partial charge in [-0.3, -0.25) is 4.98 Å². The van der Waals surface area contributed by atoms with Gasteiger partial charge in [-0.2, -0.15) is 0 Å². The minimum atomic E-state index is -0.336. The number of rotatable bonds is 3. The van der Waals surface area contributed by atoms with E-state index < -0.39 is 0 Å². The van der Waals surface area contributed by atoms with Crippen LogP contribution in [0.5, 0.6) is 0 Å². The molecule has 1 saturated carbocycles. The second-order valence-corrected chi connectivity index (χ2v) is 6.04. The van der Waals surface area contributed by atoms with E-state index in [9.17, 15) is 5.21 Å². The zero-order valence-corrected chi connectivity index (χ0v) is 12.8. The van der Waals surface area contributed by atoms with Gasteiger partial charge in [-0.1, -0.05) is 46.9 Å². The van der Waals surface area contributed by atoms with Gasteiger partial charge in [0.2, 0.25) is 0 Å². The van der Waals surface area contributed by atoms with E-state index in [-0.39, 0.29) is 5.41 Å². The number of benzene rings is 1. The highest BCUT2D eigenvalue weighted by molar-refractivity contribution is 6.42. The van der Waals surface area contributed by atoms with Gasteiger partial charge >= 0.3 is 0 Å². The number of hydrogen-bond donors (Lipinski definition) is 1. The molecule has 1 fully saturated rings. The van der Waals surface area contributed by atoms with Crippen molar-refractivity contribution in [2.75, 3.05) is 0 Å². The first-order valence-electron chi connectivity index (χ1n) is 6.77. The Kier molecular flexibility index (Phi) is 3.87. The fourth-order valence-electron chi connectivity index (χ4n) is 2.88. The molecule has 0 aliphatic heterocycles. The highest BCUT2D eigenvalue weighted by Crippen LogP contribution is 2.47. The maximum Gasteiger partial charge on any atom is 0.116 e. The van der Waals surface area contributed by atoms with Crippen molar-refractivity contribution in [2.45, 2.75) is 24.7 Å². The molecular formula is C16H14Cl2N2O. The van der Waals surface area contributed by atoms with E-state index in [1.807, 2.05) is 30.3 Å². The van der Waals surface area contributed by atoms with Crippen molar-refractivity contribution in [3.8, 4) is 0 Å². The van der Waals surface area contributed by atoms with Crippen molar-refractivity contribution in [1.29, 1.82) is 0 Å². The van der Waals surface area contributed by atoms with Crippen molar-refractivity contribution >= 4 is 28.9 Å². The molecule has 1 aromatic carbocycles. The molecule has 2 aromatic rings. The predicted octanol–water partition coefficient (Wildman–Crippen LogP) is 4.69.